The van der Waals surface area contributed by atoms with Crippen LogP contribution in [0.5, 0.6) is 0 Å². The summed E-state index contributed by atoms with van der Waals surface area (Å²) in [5.74, 6) is 0.915. The zero-order chi connectivity index (χ0) is 32.8. The van der Waals surface area contributed by atoms with E-state index < -0.39 is 20.2 Å². The fourth-order valence-electron chi connectivity index (χ4n) is 5.72. The average Bonchev–Trinajstić information content (AvgIpc) is 3.00. The van der Waals surface area contributed by atoms with E-state index in [1.54, 1.807) is 24.3 Å². The molecule has 2 atom stereocenters. The van der Waals surface area contributed by atoms with Crippen molar-refractivity contribution in [2.45, 2.75) is 165 Å². The molecular weight excluding hydrogens is 633 g/mol. The van der Waals surface area contributed by atoms with E-state index in [0.717, 1.165) is 36.8 Å². The molecule has 0 aliphatic carbocycles. The smallest absolute Gasteiger partial charge is 0.744 e. The molecule has 6 nitrogen and oxygen atoms in total. The SMILES string of the molecule is CCCCCCCCCC(CC)c1ccc(S(=O)(=O)[O-])cc1.CCCCCCCCCC(CC)c1ccc(S(=O)(=O)[O-])cc1.[Ca+2]. The molecular formula is C36H58CaO6S2. The first kappa shape index (κ1) is 44.5. The standard InChI is InChI=1S/2C18H30O3S.Ca/c2*1-3-5-6-7-8-9-10-11-16(4-2)17-12-14-18(15-13-17)22(19,20)21;/h2*12-16H,3-11H2,1-2H3,(H,19,20,21);/q;;+2/p-2. The second-order valence-electron chi connectivity index (χ2n) is 12.1. The van der Waals surface area contributed by atoms with Gasteiger partial charge in [0.15, 0.2) is 0 Å². The maximum absolute atomic E-state index is 10.9. The van der Waals surface area contributed by atoms with Gasteiger partial charge in [0, 0.05) is 0 Å². The molecule has 0 saturated carbocycles. The quantitative estimate of drug-likeness (QED) is 0.0690. The second-order valence-corrected chi connectivity index (χ2v) is 14.8. The summed E-state index contributed by atoms with van der Waals surface area (Å²) in [6.45, 7) is 8.78. The monoisotopic (exact) mass is 690 g/mol. The Morgan fingerprint density at radius 3 is 0.978 bits per heavy atom. The molecule has 0 bridgehead atoms. The Morgan fingerprint density at radius 2 is 0.733 bits per heavy atom. The van der Waals surface area contributed by atoms with Crippen molar-refractivity contribution < 1.29 is 25.9 Å². The van der Waals surface area contributed by atoms with Gasteiger partial charge in [-0.15, -0.1) is 0 Å². The van der Waals surface area contributed by atoms with Gasteiger partial charge in [-0.2, -0.15) is 0 Å². The predicted molar refractivity (Wildman–Crippen MR) is 186 cm³/mol. The van der Waals surface area contributed by atoms with Crippen molar-refractivity contribution in [2.24, 2.45) is 0 Å². The fourth-order valence-corrected chi connectivity index (χ4v) is 6.66. The van der Waals surface area contributed by atoms with Gasteiger partial charge in [-0.3, -0.25) is 0 Å². The molecule has 0 aromatic heterocycles. The minimum absolute atomic E-state index is 0. The van der Waals surface area contributed by atoms with Gasteiger partial charge in [-0.25, -0.2) is 16.8 Å². The molecule has 0 radical (unpaired) electrons. The van der Waals surface area contributed by atoms with Crippen LogP contribution in [0.3, 0.4) is 0 Å². The van der Waals surface area contributed by atoms with Crippen molar-refractivity contribution in [1.29, 1.82) is 0 Å². The largest absolute Gasteiger partial charge is 2.00 e. The van der Waals surface area contributed by atoms with E-state index >= 15 is 0 Å². The number of unbranched alkanes of at least 4 members (excludes halogenated alkanes) is 12. The first-order valence-corrected chi connectivity index (χ1v) is 19.9. The van der Waals surface area contributed by atoms with Crippen LogP contribution < -0.4 is 0 Å². The molecule has 2 rings (SSSR count). The molecule has 252 valence electrons. The number of benzene rings is 2. The van der Waals surface area contributed by atoms with E-state index in [4.69, 9.17) is 0 Å². The topological polar surface area (TPSA) is 114 Å². The second kappa shape index (κ2) is 25.5. The van der Waals surface area contributed by atoms with Crippen LogP contribution in [0.4, 0.5) is 0 Å². The van der Waals surface area contributed by atoms with Crippen molar-refractivity contribution >= 4 is 58.0 Å². The van der Waals surface area contributed by atoms with Crippen LogP contribution in [0.1, 0.15) is 166 Å². The van der Waals surface area contributed by atoms with E-state index in [1.165, 1.54) is 114 Å². The molecule has 45 heavy (non-hydrogen) atoms. The number of rotatable bonds is 22. The molecule has 0 aliphatic rings. The van der Waals surface area contributed by atoms with Crippen LogP contribution in [0, 0.1) is 0 Å². The maximum atomic E-state index is 10.9. The fraction of sp³-hybridized carbons (Fsp3) is 0.667. The number of hydrogen-bond acceptors (Lipinski definition) is 6. The van der Waals surface area contributed by atoms with E-state index in [9.17, 15) is 25.9 Å². The van der Waals surface area contributed by atoms with Crippen molar-refractivity contribution in [3.05, 3.63) is 59.7 Å². The summed E-state index contributed by atoms with van der Waals surface area (Å²) in [7, 11) is -8.67. The summed E-state index contributed by atoms with van der Waals surface area (Å²) < 4.78 is 65.7. The van der Waals surface area contributed by atoms with Crippen molar-refractivity contribution in [1.82, 2.24) is 0 Å². The van der Waals surface area contributed by atoms with Crippen LogP contribution in [-0.2, 0) is 20.2 Å². The molecule has 2 aromatic rings. The summed E-state index contributed by atoms with van der Waals surface area (Å²) >= 11 is 0. The summed E-state index contributed by atoms with van der Waals surface area (Å²) in [4.78, 5) is -0.274. The van der Waals surface area contributed by atoms with E-state index in [0.29, 0.717) is 11.8 Å². The van der Waals surface area contributed by atoms with E-state index in [2.05, 4.69) is 27.7 Å². The molecule has 2 aromatic carbocycles. The van der Waals surface area contributed by atoms with Crippen LogP contribution >= 0.6 is 0 Å². The minimum Gasteiger partial charge on any atom is -0.744 e. The Balaban J connectivity index is 0.000000842. The molecule has 0 spiro atoms. The molecule has 2 unspecified atom stereocenters. The summed E-state index contributed by atoms with van der Waals surface area (Å²) in [5, 5.41) is 0. The minimum atomic E-state index is -4.33. The van der Waals surface area contributed by atoms with Crippen LogP contribution in [0.25, 0.3) is 0 Å². The molecule has 9 heteroatoms. The molecule has 0 saturated heterocycles. The van der Waals surface area contributed by atoms with Gasteiger partial charge in [0.25, 0.3) is 0 Å². The van der Waals surface area contributed by atoms with Gasteiger partial charge >= 0.3 is 37.7 Å². The van der Waals surface area contributed by atoms with Crippen LogP contribution in [0.2, 0.25) is 0 Å². The predicted octanol–water partition coefficient (Wildman–Crippen LogP) is 10.1. The van der Waals surface area contributed by atoms with Crippen LogP contribution in [-0.4, -0.2) is 63.7 Å². The van der Waals surface area contributed by atoms with Crippen molar-refractivity contribution in [2.75, 3.05) is 0 Å². The average molecular weight is 691 g/mol. The summed E-state index contributed by atoms with van der Waals surface area (Å²) in [6.07, 6.45) is 22.5. The van der Waals surface area contributed by atoms with Gasteiger partial charge in [0.1, 0.15) is 20.2 Å². The van der Waals surface area contributed by atoms with Gasteiger partial charge in [0.2, 0.25) is 0 Å². The van der Waals surface area contributed by atoms with Crippen LogP contribution in [0.15, 0.2) is 58.3 Å². The number of hydrogen-bond donors (Lipinski definition) is 0. The Morgan fingerprint density at radius 1 is 0.467 bits per heavy atom. The Kier molecular flexibility index (Phi) is 25.3. The van der Waals surface area contributed by atoms with E-state index in [-0.39, 0.29) is 47.5 Å². The zero-order valence-electron chi connectivity index (χ0n) is 28.5. The molecule has 0 heterocycles. The normalized spacial score (nSPS) is 12.9. The van der Waals surface area contributed by atoms with Crippen molar-refractivity contribution in [3.8, 4) is 0 Å². The van der Waals surface area contributed by atoms with Gasteiger partial charge < -0.3 is 9.11 Å². The molecule has 0 amide bonds. The first-order valence-electron chi connectivity index (χ1n) is 17.1. The third kappa shape index (κ3) is 19.8. The third-order valence-electron chi connectivity index (χ3n) is 8.58. The summed E-state index contributed by atoms with van der Waals surface area (Å²) in [6, 6.07) is 12.9. The Hall–Kier alpha value is -0.480. The summed E-state index contributed by atoms with van der Waals surface area (Å²) in [5.41, 5.74) is 2.28. The Bertz CT molecular complexity index is 1120. The zero-order valence-corrected chi connectivity index (χ0v) is 32.3. The van der Waals surface area contributed by atoms with Gasteiger partial charge in [0.05, 0.1) is 9.79 Å². The Labute approximate surface area is 306 Å². The van der Waals surface area contributed by atoms with Crippen molar-refractivity contribution in [3.63, 3.8) is 0 Å². The molecule has 0 aliphatic heterocycles. The van der Waals surface area contributed by atoms with E-state index in [1.807, 2.05) is 0 Å². The van der Waals surface area contributed by atoms with Gasteiger partial charge in [-0.05, 0) is 72.9 Å². The van der Waals surface area contributed by atoms with Gasteiger partial charge in [-0.1, -0.05) is 142 Å². The third-order valence-corrected chi connectivity index (χ3v) is 10.3. The molecule has 0 N–H and O–H groups in total. The first-order chi connectivity index (χ1) is 21.0. The maximum Gasteiger partial charge on any atom is 2.00 e. The molecule has 0 fully saturated rings.